The summed E-state index contributed by atoms with van der Waals surface area (Å²) in [6.07, 6.45) is 3.25. The Kier molecular flexibility index (Phi) is 5.34. The lowest BCUT2D eigenvalue weighted by Gasteiger charge is -2.37. The summed E-state index contributed by atoms with van der Waals surface area (Å²) in [5.41, 5.74) is 3.31. The van der Waals surface area contributed by atoms with Gasteiger partial charge in [0.15, 0.2) is 0 Å². The fourth-order valence-electron chi connectivity index (χ4n) is 2.77. The number of hydrogen-bond acceptors (Lipinski definition) is 4. The Bertz CT molecular complexity index is 436. The molecular weight excluding hydrogens is 259 g/mol. The summed E-state index contributed by atoms with van der Waals surface area (Å²) >= 11 is 0. The summed E-state index contributed by atoms with van der Waals surface area (Å²) in [4.78, 5) is 0. The lowest BCUT2D eigenvalue weighted by atomic mass is 9.77. The Morgan fingerprint density at radius 3 is 2.75 bits per heavy atom. The van der Waals surface area contributed by atoms with Gasteiger partial charge in [-0.3, -0.25) is 11.3 Å². The quantitative estimate of drug-likeness (QED) is 0.596. The second-order valence-corrected chi connectivity index (χ2v) is 5.26. The standard InChI is InChI=1S/C15H23FN2O2/c1-3-20-12-6-10(7-12)8-15(18-17)13-5-4-11(19-2)9-14(13)16/h4-5,9-10,12,15,18H,3,6-8,17H2,1-2H3. The molecule has 1 aromatic rings. The molecule has 2 rings (SSSR count). The third kappa shape index (κ3) is 3.48. The minimum atomic E-state index is -0.284. The van der Waals surface area contributed by atoms with Crippen LogP contribution in [0, 0.1) is 11.7 Å². The summed E-state index contributed by atoms with van der Waals surface area (Å²) in [5.74, 6) is 6.35. The number of hydrogen-bond donors (Lipinski definition) is 2. The van der Waals surface area contributed by atoms with Gasteiger partial charge in [0, 0.05) is 24.3 Å². The van der Waals surface area contributed by atoms with Gasteiger partial charge in [-0.1, -0.05) is 6.07 Å². The molecule has 3 N–H and O–H groups in total. The largest absolute Gasteiger partial charge is 0.497 e. The predicted molar refractivity (Wildman–Crippen MR) is 75.8 cm³/mol. The van der Waals surface area contributed by atoms with Crippen LogP contribution >= 0.6 is 0 Å². The van der Waals surface area contributed by atoms with Crippen molar-refractivity contribution in [1.29, 1.82) is 0 Å². The number of rotatable bonds is 7. The average molecular weight is 282 g/mol. The Morgan fingerprint density at radius 1 is 1.45 bits per heavy atom. The first-order valence-electron chi connectivity index (χ1n) is 7.09. The molecule has 4 nitrogen and oxygen atoms in total. The second-order valence-electron chi connectivity index (χ2n) is 5.26. The van der Waals surface area contributed by atoms with Crippen LogP contribution in [0.15, 0.2) is 18.2 Å². The van der Waals surface area contributed by atoms with E-state index in [1.54, 1.807) is 12.1 Å². The van der Waals surface area contributed by atoms with E-state index in [9.17, 15) is 4.39 Å². The summed E-state index contributed by atoms with van der Waals surface area (Å²) < 4.78 is 24.6. The van der Waals surface area contributed by atoms with Crippen molar-refractivity contribution in [2.45, 2.75) is 38.3 Å². The monoisotopic (exact) mass is 282 g/mol. The molecule has 1 aliphatic carbocycles. The molecule has 112 valence electrons. The number of ether oxygens (including phenoxy) is 2. The molecule has 0 spiro atoms. The molecule has 1 saturated carbocycles. The van der Waals surface area contributed by atoms with Crippen LogP contribution in [0.5, 0.6) is 5.75 Å². The van der Waals surface area contributed by atoms with E-state index in [0.717, 1.165) is 25.9 Å². The normalized spacial score (nSPS) is 23.2. The van der Waals surface area contributed by atoms with E-state index < -0.39 is 0 Å². The highest BCUT2D eigenvalue weighted by Crippen LogP contribution is 2.37. The van der Waals surface area contributed by atoms with Gasteiger partial charge in [0.2, 0.25) is 0 Å². The SMILES string of the molecule is CCOC1CC(CC(NN)c2ccc(OC)cc2F)C1. The van der Waals surface area contributed by atoms with E-state index in [0.29, 0.717) is 23.3 Å². The number of benzene rings is 1. The number of nitrogens with one attached hydrogen (secondary N) is 1. The van der Waals surface area contributed by atoms with Gasteiger partial charge in [0.05, 0.1) is 13.2 Å². The van der Waals surface area contributed by atoms with Crippen molar-refractivity contribution >= 4 is 0 Å². The molecule has 0 amide bonds. The van der Waals surface area contributed by atoms with Gasteiger partial charge in [-0.05, 0) is 38.2 Å². The third-order valence-corrected chi connectivity index (χ3v) is 3.95. The molecule has 0 aromatic heterocycles. The van der Waals surface area contributed by atoms with Crippen LogP contribution in [0.3, 0.4) is 0 Å². The highest BCUT2D eigenvalue weighted by Gasteiger charge is 2.32. The Balaban J connectivity index is 1.95. The zero-order valence-corrected chi connectivity index (χ0v) is 12.1. The Morgan fingerprint density at radius 2 is 2.20 bits per heavy atom. The van der Waals surface area contributed by atoms with Gasteiger partial charge in [0.25, 0.3) is 0 Å². The molecule has 1 atom stereocenters. The van der Waals surface area contributed by atoms with Crippen LogP contribution in [-0.4, -0.2) is 19.8 Å². The fraction of sp³-hybridized carbons (Fsp3) is 0.600. The van der Waals surface area contributed by atoms with E-state index in [-0.39, 0.29) is 11.9 Å². The number of halogens is 1. The fourth-order valence-corrected chi connectivity index (χ4v) is 2.77. The lowest BCUT2D eigenvalue weighted by Crippen LogP contribution is -2.36. The first-order chi connectivity index (χ1) is 9.67. The van der Waals surface area contributed by atoms with Gasteiger partial charge in [-0.15, -0.1) is 0 Å². The van der Waals surface area contributed by atoms with E-state index >= 15 is 0 Å². The van der Waals surface area contributed by atoms with Crippen molar-refractivity contribution < 1.29 is 13.9 Å². The van der Waals surface area contributed by atoms with Gasteiger partial charge < -0.3 is 9.47 Å². The summed E-state index contributed by atoms with van der Waals surface area (Å²) in [5, 5.41) is 0. The van der Waals surface area contributed by atoms with Gasteiger partial charge in [-0.2, -0.15) is 0 Å². The van der Waals surface area contributed by atoms with Crippen LogP contribution in [-0.2, 0) is 4.74 Å². The van der Waals surface area contributed by atoms with E-state index in [1.165, 1.54) is 13.2 Å². The number of hydrazine groups is 1. The average Bonchev–Trinajstić information content (AvgIpc) is 2.42. The van der Waals surface area contributed by atoms with Crippen molar-refractivity contribution in [2.24, 2.45) is 11.8 Å². The maximum Gasteiger partial charge on any atom is 0.131 e. The smallest absolute Gasteiger partial charge is 0.131 e. The van der Waals surface area contributed by atoms with Crippen molar-refractivity contribution in [3.63, 3.8) is 0 Å². The number of nitrogens with two attached hydrogens (primary N) is 1. The first-order valence-corrected chi connectivity index (χ1v) is 7.09. The van der Waals surface area contributed by atoms with Crippen LogP contribution in [0.1, 0.15) is 37.8 Å². The van der Waals surface area contributed by atoms with Gasteiger partial charge in [-0.25, -0.2) is 4.39 Å². The molecule has 20 heavy (non-hydrogen) atoms. The zero-order chi connectivity index (χ0) is 14.5. The van der Waals surface area contributed by atoms with Gasteiger partial charge in [0.1, 0.15) is 11.6 Å². The summed E-state index contributed by atoms with van der Waals surface area (Å²) in [6.45, 7) is 2.76. The Labute approximate surface area is 119 Å². The van der Waals surface area contributed by atoms with E-state index in [1.807, 2.05) is 6.92 Å². The molecule has 5 heteroatoms. The highest BCUT2D eigenvalue weighted by atomic mass is 19.1. The van der Waals surface area contributed by atoms with Crippen molar-refractivity contribution in [1.82, 2.24) is 5.43 Å². The third-order valence-electron chi connectivity index (χ3n) is 3.95. The molecule has 1 fully saturated rings. The maximum absolute atomic E-state index is 14.0. The van der Waals surface area contributed by atoms with E-state index in [2.05, 4.69) is 5.43 Å². The van der Waals surface area contributed by atoms with Crippen LogP contribution in [0.4, 0.5) is 4.39 Å². The molecule has 1 aromatic carbocycles. The van der Waals surface area contributed by atoms with Crippen molar-refractivity contribution in [2.75, 3.05) is 13.7 Å². The summed E-state index contributed by atoms with van der Waals surface area (Å²) in [7, 11) is 1.52. The lowest BCUT2D eigenvalue weighted by molar-refractivity contribution is -0.0292. The first kappa shape index (κ1) is 15.2. The van der Waals surface area contributed by atoms with Gasteiger partial charge >= 0.3 is 0 Å². The molecule has 0 saturated heterocycles. The molecular formula is C15H23FN2O2. The maximum atomic E-state index is 14.0. The molecule has 0 bridgehead atoms. The van der Waals surface area contributed by atoms with E-state index in [4.69, 9.17) is 15.3 Å². The van der Waals surface area contributed by atoms with Crippen molar-refractivity contribution in [3.8, 4) is 5.75 Å². The minimum absolute atomic E-state index is 0.173. The topological polar surface area (TPSA) is 56.5 Å². The predicted octanol–water partition coefficient (Wildman–Crippen LogP) is 2.54. The second kappa shape index (κ2) is 7.02. The molecule has 1 unspecified atom stereocenters. The zero-order valence-electron chi connectivity index (χ0n) is 12.1. The van der Waals surface area contributed by atoms with Crippen LogP contribution in [0.25, 0.3) is 0 Å². The highest BCUT2D eigenvalue weighted by molar-refractivity contribution is 5.30. The Hall–Kier alpha value is -1.17. The molecule has 1 aliphatic rings. The molecule has 0 radical (unpaired) electrons. The van der Waals surface area contributed by atoms with Crippen LogP contribution < -0.4 is 16.0 Å². The molecule has 0 aliphatic heterocycles. The molecule has 0 heterocycles. The van der Waals surface area contributed by atoms with Crippen molar-refractivity contribution in [3.05, 3.63) is 29.6 Å². The summed E-state index contributed by atoms with van der Waals surface area (Å²) in [6, 6.07) is 4.71. The van der Waals surface area contributed by atoms with Crippen LogP contribution in [0.2, 0.25) is 0 Å². The minimum Gasteiger partial charge on any atom is -0.497 e. The number of methoxy groups -OCH3 is 1.